The van der Waals surface area contributed by atoms with Gasteiger partial charge in [-0.25, -0.2) is 0 Å². The lowest BCUT2D eigenvalue weighted by Crippen LogP contribution is -2.36. The highest BCUT2D eigenvalue weighted by atomic mass is 16.5. The Hall–Kier alpha value is -2.52. The van der Waals surface area contributed by atoms with E-state index in [2.05, 4.69) is 16.9 Å². The van der Waals surface area contributed by atoms with Crippen LogP contribution in [0.3, 0.4) is 0 Å². The van der Waals surface area contributed by atoms with Gasteiger partial charge >= 0.3 is 0 Å². The summed E-state index contributed by atoms with van der Waals surface area (Å²) in [5.74, 6) is 2.80. The van der Waals surface area contributed by atoms with Crippen molar-refractivity contribution in [3.8, 4) is 12.0 Å². The second-order valence-electron chi connectivity index (χ2n) is 6.02. The van der Waals surface area contributed by atoms with E-state index < -0.39 is 5.60 Å². The Morgan fingerprint density at radius 3 is 2.31 bits per heavy atom. The van der Waals surface area contributed by atoms with Gasteiger partial charge in [0.15, 0.2) is 5.60 Å². The molecular weight excluding hydrogens is 330 g/mol. The van der Waals surface area contributed by atoms with Crippen molar-refractivity contribution >= 4 is 5.69 Å². The molecule has 2 aromatic rings. The highest BCUT2D eigenvalue weighted by molar-refractivity contribution is 5.52. The fourth-order valence-corrected chi connectivity index (χ4v) is 2.93. The van der Waals surface area contributed by atoms with E-state index in [0.717, 1.165) is 32.0 Å². The second kappa shape index (κ2) is 8.72. The van der Waals surface area contributed by atoms with Crippen molar-refractivity contribution in [2.45, 2.75) is 5.60 Å². The first-order valence-electron chi connectivity index (χ1n) is 8.70. The number of anilines is 1. The molecule has 136 valence electrons. The summed E-state index contributed by atoms with van der Waals surface area (Å²) in [4.78, 5) is 2.25. The van der Waals surface area contributed by atoms with Crippen LogP contribution in [0.1, 0.15) is 11.1 Å². The molecule has 0 amide bonds. The van der Waals surface area contributed by atoms with E-state index in [1.807, 2.05) is 54.6 Å². The van der Waals surface area contributed by atoms with Crippen molar-refractivity contribution in [2.75, 3.05) is 44.4 Å². The van der Waals surface area contributed by atoms with E-state index in [-0.39, 0.29) is 13.2 Å². The fraction of sp³-hybridized carbons (Fsp3) is 0.333. The number of hydrogen-bond donors (Lipinski definition) is 2. The van der Waals surface area contributed by atoms with Crippen LogP contribution >= 0.6 is 0 Å². The van der Waals surface area contributed by atoms with Crippen LogP contribution in [-0.4, -0.2) is 49.7 Å². The first-order chi connectivity index (χ1) is 12.7. The zero-order chi connectivity index (χ0) is 18.2. The molecule has 0 bridgehead atoms. The molecule has 1 unspecified atom stereocenters. The van der Waals surface area contributed by atoms with Gasteiger partial charge in [0.2, 0.25) is 0 Å². The lowest BCUT2D eigenvalue weighted by molar-refractivity contribution is 0.122. The average Bonchev–Trinajstić information content (AvgIpc) is 2.72. The third-order valence-electron chi connectivity index (χ3n) is 4.35. The first-order valence-corrected chi connectivity index (χ1v) is 8.70. The zero-order valence-electron chi connectivity index (χ0n) is 14.6. The Kier molecular flexibility index (Phi) is 6.13. The van der Waals surface area contributed by atoms with E-state index in [9.17, 15) is 5.11 Å². The summed E-state index contributed by atoms with van der Waals surface area (Å²) in [5, 5.41) is 20.1. The normalized spacial score (nSPS) is 16.3. The number of aliphatic hydroxyl groups excluding tert-OH is 1. The van der Waals surface area contributed by atoms with E-state index >= 15 is 0 Å². The van der Waals surface area contributed by atoms with Crippen LogP contribution in [-0.2, 0) is 15.1 Å². The maximum atomic E-state index is 11.3. The molecule has 0 aromatic heterocycles. The van der Waals surface area contributed by atoms with Crippen molar-refractivity contribution < 1.29 is 19.7 Å². The van der Waals surface area contributed by atoms with Gasteiger partial charge in [-0.3, -0.25) is 0 Å². The van der Waals surface area contributed by atoms with Crippen LogP contribution in [0.25, 0.3) is 0 Å². The highest BCUT2D eigenvalue weighted by Crippen LogP contribution is 2.30. The summed E-state index contributed by atoms with van der Waals surface area (Å²) in [6, 6.07) is 17.0. The van der Waals surface area contributed by atoms with Gasteiger partial charge < -0.3 is 24.6 Å². The van der Waals surface area contributed by atoms with Crippen LogP contribution in [0, 0.1) is 12.0 Å². The van der Waals surface area contributed by atoms with Crippen LogP contribution < -0.4 is 4.90 Å². The lowest BCUT2D eigenvalue weighted by atomic mass is 9.87. The molecule has 3 rings (SSSR count). The number of hydrogen-bond acceptors (Lipinski definition) is 5. The first kappa shape index (κ1) is 18.3. The van der Waals surface area contributed by atoms with Gasteiger partial charge in [-0.1, -0.05) is 42.5 Å². The van der Waals surface area contributed by atoms with Gasteiger partial charge in [-0.2, -0.15) is 0 Å². The molecular formula is C21H23NO4. The molecule has 0 saturated carbocycles. The van der Waals surface area contributed by atoms with Crippen molar-refractivity contribution in [2.24, 2.45) is 0 Å². The van der Waals surface area contributed by atoms with Gasteiger partial charge in [0.05, 0.1) is 19.8 Å². The lowest BCUT2D eigenvalue weighted by Gasteiger charge is -2.30. The second-order valence-corrected chi connectivity index (χ2v) is 6.02. The fourth-order valence-electron chi connectivity index (χ4n) is 2.93. The van der Waals surface area contributed by atoms with Gasteiger partial charge in [0, 0.05) is 29.9 Å². The van der Waals surface area contributed by atoms with E-state index in [1.54, 1.807) is 0 Å². The molecule has 2 aromatic carbocycles. The molecule has 1 aliphatic rings. The van der Waals surface area contributed by atoms with Gasteiger partial charge in [0.25, 0.3) is 0 Å². The summed E-state index contributed by atoms with van der Waals surface area (Å²) in [6.07, 6.45) is 2.51. The summed E-state index contributed by atoms with van der Waals surface area (Å²) < 4.78 is 10.4. The quantitative estimate of drug-likeness (QED) is 0.633. The molecule has 2 N–H and O–H groups in total. The molecule has 5 heteroatoms. The number of ether oxygens (including phenoxy) is 2. The molecule has 1 heterocycles. The summed E-state index contributed by atoms with van der Waals surface area (Å²) in [5.41, 5.74) is 0.942. The van der Waals surface area contributed by atoms with Crippen molar-refractivity contribution in [3.05, 3.63) is 65.7 Å². The third-order valence-corrected chi connectivity index (χ3v) is 4.35. The van der Waals surface area contributed by atoms with Crippen molar-refractivity contribution in [3.63, 3.8) is 0 Å². The highest BCUT2D eigenvalue weighted by Gasteiger charge is 2.30. The minimum Gasteiger partial charge on any atom is -0.444 e. The predicted octanol–water partition coefficient (Wildman–Crippen LogP) is 1.73. The van der Waals surface area contributed by atoms with Crippen LogP contribution in [0.2, 0.25) is 0 Å². The predicted molar refractivity (Wildman–Crippen MR) is 99.7 cm³/mol. The summed E-state index contributed by atoms with van der Waals surface area (Å²) >= 11 is 0. The molecule has 1 fully saturated rings. The van der Waals surface area contributed by atoms with Crippen molar-refractivity contribution in [1.82, 2.24) is 0 Å². The van der Waals surface area contributed by atoms with Crippen LogP contribution in [0.5, 0.6) is 0 Å². The van der Waals surface area contributed by atoms with Gasteiger partial charge in [-0.15, -0.1) is 0 Å². The molecule has 5 nitrogen and oxygen atoms in total. The van der Waals surface area contributed by atoms with Gasteiger partial charge in [0.1, 0.15) is 12.7 Å². The summed E-state index contributed by atoms with van der Waals surface area (Å²) in [7, 11) is 0. The Labute approximate surface area is 153 Å². The minimum atomic E-state index is -1.49. The number of aliphatic hydroxyl groups is 2. The van der Waals surface area contributed by atoms with Gasteiger partial charge in [-0.05, 0) is 18.1 Å². The SMILES string of the molecule is OCCOC#CC(O)(c1ccccc1)c1ccc(N2CCOCC2)cc1. The molecule has 0 radical (unpaired) electrons. The summed E-state index contributed by atoms with van der Waals surface area (Å²) in [6.45, 7) is 3.15. The number of benzene rings is 2. The maximum absolute atomic E-state index is 11.3. The molecule has 26 heavy (non-hydrogen) atoms. The van der Waals surface area contributed by atoms with Crippen LogP contribution in [0.4, 0.5) is 5.69 Å². The Morgan fingerprint density at radius 1 is 1.00 bits per heavy atom. The minimum absolute atomic E-state index is 0.105. The monoisotopic (exact) mass is 353 g/mol. The molecule has 1 atom stereocenters. The van der Waals surface area contributed by atoms with E-state index in [1.165, 1.54) is 0 Å². The number of nitrogens with zero attached hydrogens (tertiary/aromatic N) is 1. The smallest absolute Gasteiger partial charge is 0.180 e. The Balaban J connectivity index is 1.89. The average molecular weight is 353 g/mol. The molecule has 0 spiro atoms. The zero-order valence-corrected chi connectivity index (χ0v) is 14.6. The molecule has 0 aliphatic carbocycles. The van der Waals surface area contributed by atoms with E-state index in [4.69, 9.17) is 14.6 Å². The largest absolute Gasteiger partial charge is 0.444 e. The Bertz CT molecular complexity index is 745. The van der Waals surface area contributed by atoms with E-state index in [0.29, 0.717) is 11.1 Å². The number of rotatable bonds is 5. The van der Waals surface area contributed by atoms with Crippen molar-refractivity contribution in [1.29, 1.82) is 0 Å². The van der Waals surface area contributed by atoms with Crippen LogP contribution in [0.15, 0.2) is 54.6 Å². The molecule has 1 aliphatic heterocycles. The topological polar surface area (TPSA) is 62.2 Å². The molecule has 1 saturated heterocycles. The maximum Gasteiger partial charge on any atom is 0.180 e. The Morgan fingerprint density at radius 2 is 1.65 bits per heavy atom. The standard InChI is InChI=1S/C21H23NO4/c23-13-17-25-14-10-21(24,18-4-2-1-3-5-18)19-6-8-20(9-7-19)22-11-15-26-16-12-22/h1-9,23-24H,11-13,15-17H2. The number of morpholine rings is 1. The third kappa shape index (κ3) is 4.17.